The Hall–Kier alpha value is -3.09. The number of aryl methyl sites for hydroxylation is 2. The highest BCUT2D eigenvalue weighted by molar-refractivity contribution is 5.85. The smallest absolute Gasteiger partial charge is 0.214 e. The standard InChI is InChI=1S/C20H26N6O/c1-13-14(2)27-19(24-13)12-23-20(21-3)22-11-15-10-18(26(4)5)25-17-9-7-6-8-16(15)17/h6-10H,11-12H2,1-5H3,(H2,21,22,23). The highest BCUT2D eigenvalue weighted by Gasteiger charge is 2.09. The van der Waals surface area contributed by atoms with Gasteiger partial charge in [-0.05, 0) is 31.5 Å². The van der Waals surface area contributed by atoms with E-state index in [2.05, 4.69) is 32.7 Å². The Kier molecular flexibility index (Phi) is 5.59. The summed E-state index contributed by atoms with van der Waals surface area (Å²) in [5, 5.41) is 7.73. The number of anilines is 1. The van der Waals surface area contributed by atoms with Crippen LogP contribution in [0.25, 0.3) is 10.9 Å². The van der Waals surface area contributed by atoms with Crippen molar-refractivity contribution in [3.8, 4) is 0 Å². The Labute approximate surface area is 159 Å². The number of pyridine rings is 1. The maximum Gasteiger partial charge on any atom is 0.214 e. The van der Waals surface area contributed by atoms with Gasteiger partial charge < -0.3 is 20.0 Å². The van der Waals surface area contributed by atoms with Gasteiger partial charge in [0.2, 0.25) is 5.89 Å². The van der Waals surface area contributed by atoms with Crippen LogP contribution in [0.4, 0.5) is 5.82 Å². The number of aromatic nitrogens is 2. The van der Waals surface area contributed by atoms with Gasteiger partial charge in [-0.1, -0.05) is 18.2 Å². The first-order valence-corrected chi connectivity index (χ1v) is 8.91. The summed E-state index contributed by atoms with van der Waals surface area (Å²) in [4.78, 5) is 15.4. The monoisotopic (exact) mass is 366 g/mol. The molecule has 0 saturated heterocycles. The number of para-hydroxylation sites is 1. The second kappa shape index (κ2) is 8.07. The van der Waals surface area contributed by atoms with Crippen LogP contribution in [-0.2, 0) is 13.1 Å². The van der Waals surface area contributed by atoms with Crippen molar-refractivity contribution in [3.63, 3.8) is 0 Å². The number of aliphatic imine (C=N–C) groups is 1. The number of guanidine groups is 1. The summed E-state index contributed by atoms with van der Waals surface area (Å²) in [5.74, 6) is 3.11. The Balaban J connectivity index is 1.72. The van der Waals surface area contributed by atoms with Crippen molar-refractivity contribution in [1.29, 1.82) is 0 Å². The van der Waals surface area contributed by atoms with E-state index in [4.69, 9.17) is 9.40 Å². The minimum absolute atomic E-state index is 0.481. The first-order chi connectivity index (χ1) is 13.0. The van der Waals surface area contributed by atoms with E-state index < -0.39 is 0 Å². The number of oxazole rings is 1. The third-order valence-electron chi connectivity index (χ3n) is 4.40. The lowest BCUT2D eigenvalue weighted by atomic mass is 10.1. The summed E-state index contributed by atoms with van der Waals surface area (Å²) < 4.78 is 5.60. The Morgan fingerprint density at radius 2 is 1.85 bits per heavy atom. The van der Waals surface area contributed by atoms with Gasteiger partial charge >= 0.3 is 0 Å². The fourth-order valence-electron chi connectivity index (χ4n) is 2.78. The summed E-state index contributed by atoms with van der Waals surface area (Å²) in [7, 11) is 5.74. The quantitative estimate of drug-likeness (QED) is 0.534. The zero-order valence-electron chi connectivity index (χ0n) is 16.5. The molecule has 3 aromatic rings. The molecule has 142 valence electrons. The minimum atomic E-state index is 0.481. The van der Waals surface area contributed by atoms with Gasteiger partial charge in [0.05, 0.1) is 17.8 Å². The van der Waals surface area contributed by atoms with E-state index in [1.54, 1.807) is 7.05 Å². The molecule has 1 aromatic carbocycles. The molecule has 0 fully saturated rings. The van der Waals surface area contributed by atoms with Crippen molar-refractivity contribution < 1.29 is 4.42 Å². The topological polar surface area (TPSA) is 78.6 Å². The third kappa shape index (κ3) is 4.36. The van der Waals surface area contributed by atoms with Gasteiger partial charge in [0.25, 0.3) is 0 Å². The van der Waals surface area contributed by atoms with E-state index in [1.165, 1.54) is 0 Å². The summed E-state index contributed by atoms with van der Waals surface area (Å²) in [6.07, 6.45) is 0. The molecule has 0 saturated carbocycles. The lowest BCUT2D eigenvalue weighted by Gasteiger charge is -2.16. The molecule has 2 heterocycles. The second-order valence-electron chi connectivity index (χ2n) is 6.58. The molecule has 0 aliphatic rings. The molecule has 0 unspecified atom stereocenters. The van der Waals surface area contributed by atoms with Crippen LogP contribution in [0.5, 0.6) is 0 Å². The number of hydrogen-bond donors (Lipinski definition) is 2. The van der Waals surface area contributed by atoms with Crippen LogP contribution in [0, 0.1) is 13.8 Å². The fourth-order valence-corrected chi connectivity index (χ4v) is 2.78. The summed E-state index contributed by atoms with van der Waals surface area (Å²) in [6, 6.07) is 10.3. The Morgan fingerprint density at radius 1 is 1.11 bits per heavy atom. The zero-order chi connectivity index (χ0) is 19.4. The van der Waals surface area contributed by atoms with Crippen LogP contribution in [0.2, 0.25) is 0 Å². The number of benzene rings is 1. The molecule has 2 N–H and O–H groups in total. The number of nitrogens with one attached hydrogen (secondary N) is 2. The van der Waals surface area contributed by atoms with Gasteiger partial charge in [-0.15, -0.1) is 0 Å². The number of hydrogen-bond acceptors (Lipinski definition) is 5. The molecule has 7 nitrogen and oxygen atoms in total. The van der Waals surface area contributed by atoms with Crippen molar-refractivity contribution in [2.24, 2.45) is 4.99 Å². The van der Waals surface area contributed by atoms with Crippen molar-refractivity contribution >= 4 is 22.7 Å². The molecule has 0 radical (unpaired) electrons. The molecule has 7 heteroatoms. The Morgan fingerprint density at radius 3 is 2.52 bits per heavy atom. The lowest BCUT2D eigenvalue weighted by Crippen LogP contribution is -2.36. The van der Waals surface area contributed by atoms with E-state index in [0.29, 0.717) is 24.9 Å². The minimum Gasteiger partial charge on any atom is -0.444 e. The Bertz CT molecular complexity index is 941. The normalized spacial score (nSPS) is 11.7. The molecule has 0 atom stereocenters. The number of fused-ring (bicyclic) bond motifs is 1. The molecule has 0 bridgehead atoms. The van der Waals surface area contributed by atoms with Gasteiger partial charge in [-0.2, -0.15) is 0 Å². The highest BCUT2D eigenvalue weighted by Crippen LogP contribution is 2.22. The van der Waals surface area contributed by atoms with E-state index in [0.717, 1.165) is 33.7 Å². The highest BCUT2D eigenvalue weighted by atomic mass is 16.4. The maximum absolute atomic E-state index is 5.60. The molecule has 0 spiro atoms. The average molecular weight is 366 g/mol. The van der Waals surface area contributed by atoms with Crippen LogP contribution in [0.3, 0.4) is 0 Å². The second-order valence-corrected chi connectivity index (χ2v) is 6.58. The van der Waals surface area contributed by atoms with Crippen molar-refractivity contribution in [3.05, 3.63) is 53.2 Å². The first-order valence-electron chi connectivity index (χ1n) is 8.91. The molecular formula is C20H26N6O. The first kappa shape index (κ1) is 18.7. The summed E-state index contributed by atoms with van der Waals surface area (Å²) in [5.41, 5.74) is 3.05. The van der Waals surface area contributed by atoms with Crippen molar-refractivity contribution in [2.45, 2.75) is 26.9 Å². The van der Waals surface area contributed by atoms with E-state index in [1.807, 2.05) is 51.0 Å². The average Bonchev–Trinajstić information content (AvgIpc) is 2.99. The molecule has 0 amide bonds. The van der Waals surface area contributed by atoms with Gasteiger partial charge in [0.1, 0.15) is 11.6 Å². The summed E-state index contributed by atoms with van der Waals surface area (Å²) in [6.45, 7) is 4.96. The van der Waals surface area contributed by atoms with E-state index in [9.17, 15) is 0 Å². The van der Waals surface area contributed by atoms with Gasteiger partial charge in [-0.25, -0.2) is 9.97 Å². The van der Waals surface area contributed by atoms with Crippen LogP contribution in [-0.4, -0.2) is 37.1 Å². The zero-order valence-corrected chi connectivity index (χ0v) is 16.5. The van der Waals surface area contributed by atoms with Crippen LogP contribution in [0.15, 0.2) is 39.7 Å². The molecule has 0 aliphatic carbocycles. The fraction of sp³-hybridized carbons (Fsp3) is 0.350. The molecule has 3 rings (SSSR count). The maximum atomic E-state index is 5.60. The van der Waals surface area contributed by atoms with Gasteiger partial charge in [0, 0.05) is 33.1 Å². The predicted molar refractivity (Wildman–Crippen MR) is 109 cm³/mol. The largest absolute Gasteiger partial charge is 0.444 e. The van der Waals surface area contributed by atoms with Crippen LogP contribution >= 0.6 is 0 Å². The SMILES string of the molecule is CN=C(NCc1nc(C)c(C)o1)NCc1cc(N(C)C)nc2ccccc12. The predicted octanol–water partition coefficient (Wildman–Crippen LogP) is 2.77. The third-order valence-corrected chi connectivity index (χ3v) is 4.40. The van der Waals surface area contributed by atoms with Crippen LogP contribution in [0.1, 0.15) is 22.9 Å². The number of nitrogens with zero attached hydrogens (tertiary/aromatic N) is 4. The molecule has 0 aliphatic heterocycles. The summed E-state index contributed by atoms with van der Waals surface area (Å²) >= 11 is 0. The van der Waals surface area contributed by atoms with E-state index >= 15 is 0 Å². The van der Waals surface area contributed by atoms with Gasteiger partial charge in [-0.3, -0.25) is 4.99 Å². The number of rotatable bonds is 5. The van der Waals surface area contributed by atoms with Crippen molar-refractivity contribution in [2.75, 3.05) is 26.0 Å². The van der Waals surface area contributed by atoms with Gasteiger partial charge in [0.15, 0.2) is 5.96 Å². The molecular weight excluding hydrogens is 340 g/mol. The van der Waals surface area contributed by atoms with E-state index in [-0.39, 0.29) is 0 Å². The van der Waals surface area contributed by atoms with Crippen molar-refractivity contribution in [1.82, 2.24) is 20.6 Å². The lowest BCUT2D eigenvalue weighted by molar-refractivity contribution is 0.463. The molecule has 27 heavy (non-hydrogen) atoms. The molecule has 2 aromatic heterocycles. The van der Waals surface area contributed by atoms with Crippen LogP contribution < -0.4 is 15.5 Å².